The van der Waals surface area contributed by atoms with Gasteiger partial charge in [-0.1, -0.05) is 17.7 Å². The molecule has 0 bridgehead atoms. The number of nitrogens with one attached hydrogen (secondary N) is 1. The van der Waals surface area contributed by atoms with Crippen LogP contribution in [-0.2, 0) is 14.3 Å². The van der Waals surface area contributed by atoms with E-state index in [2.05, 4.69) is 5.32 Å². The summed E-state index contributed by atoms with van der Waals surface area (Å²) in [6.07, 6.45) is 2.64. The van der Waals surface area contributed by atoms with E-state index in [9.17, 15) is 9.59 Å². The number of benzene rings is 1. The van der Waals surface area contributed by atoms with Gasteiger partial charge in [0.15, 0.2) is 0 Å². The zero-order valence-corrected chi connectivity index (χ0v) is 12.9. The smallest absolute Gasteiger partial charge is 0.252 e. The van der Waals surface area contributed by atoms with Gasteiger partial charge in [0.2, 0.25) is 5.91 Å². The standard InChI is InChI=1S/C17H22N2O3/c1-12-5-7-13(8-6-12)18-16(20)10-15-17(21)19-9-3-2-4-14(19)11-22-15/h5-8,14-15H,2-4,9-11H2,1H3,(H,18,20). The first kappa shape index (κ1) is 15.0. The summed E-state index contributed by atoms with van der Waals surface area (Å²) in [5.74, 6) is -0.215. The zero-order valence-electron chi connectivity index (χ0n) is 12.9. The van der Waals surface area contributed by atoms with Gasteiger partial charge in [-0.15, -0.1) is 0 Å². The maximum absolute atomic E-state index is 12.4. The molecule has 22 heavy (non-hydrogen) atoms. The van der Waals surface area contributed by atoms with E-state index >= 15 is 0 Å². The molecular weight excluding hydrogens is 280 g/mol. The van der Waals surface area contributed by atoms with Gasteiger partial charge in [0, 0.05) is 12.2 Å². The lowest BCUT2D eigenvalue weighted by Crippen LogP contribution is -2.56. The molecule has 2 fully saturated rings. The molecule has 2 amide bonds. The molecule has 3 rings (SSSR count). The van der Waals surface area contributed by atoms with Crippen LogP contribution in [0, 0.1) is 6.92 Å². The third-order valence-electron chi connectivity index (χ3n) is 4.38. The number of piperidine rings is 1. The van der Waals surface area contributed by atoms with Crippen LogP contribution in [0.15, 0.2) is 24.3 Å². The highest BCUT2D eigenvalue weighted by molar-refractivity contribution is 5.95. The second-order valence-electron chi connectivity index (χ2n) is 6.12. The van der Waals surface area contributed by atoms with Crippen molar-refractivity contribution in [3.8, 4) is 0 Å². The summed E-state index contributed by atoms with van der Waals surface area (Å²) in [6, 6.07) is 7.80. The predicted molar refractivity (Wildman–Crippen MR) is 83.5 cm³/mol. The third kappa shape index (κ3) is 3.30. The molecule has 1 aromatic carbocycles. The molecule has 2 aliphatic heterocycles. The summed E-state index contributed by atoms with van der Waals surface area (Å²) < 4.78 is 5.64. The number of fused-ring (bicyclic) bond motifs is 1. The Morgan fingerprint density at radius 2 is 2.09 bits per heavy atom. The normalized spacial score (nSPS) is 24.8. The van der Waals surface area contributed by atoms with Crippen molar-refractivity contribution >= 4 is 17.5 Å². The molecule has 0 aliphatic carbocycles. The molecule has 0 aromatic heterocycles. The third-order valence-corrected chi connectivity index (χ3v) is 4.38. The number of morpholine rings is 1. The molecule has 2 heterocycles. The van der Waals surface area contributed by atoms with Gasteiger partial charge >= 0.3 is 0 Å². The fourth-order valence-corrected chi connectivity index (χ4v) is 3.11. The molecule has 5 heteroatoms. The monoisotopic (exact) mass is 302 g/mol. The fraction of sp³-hybridized carbons (Fsp3) is 0.529. The van der Waals surface area contributed by atoms with Crippen molar-refractivity contribution in [3.63, 3.8) is 0 Å². The van der Waals surface area contributed by atoms with Crippen molar-refractivity contribution in [2.75, 3.05) is 18.5 Å². The van der Waals surface area contributed by atoms with Crippen LogP contribution in [0.4, 0.5) is 5.69 Å². The van der Waals surface area contributed by atoms with Crippen molar-refractivity contribution in [2.45, 2.75) is 44.8 Å². The molecule has 1 N–H and O–H groups in total. The van der Waals surface area contributed by atoms with Crippen molar-refractivity contribution in [2.24, 2.45) is 0 Å². The molecule has 1 aromatic rings. The van der Waals surface area contributed by atoms with Gasteiger partial charge < -0.3 is 15.0 Å². The molecule has 0 spiro atoms. The van der Waals surface area contributed by atoms with E-state index in [-0.39, 0.29) is 24.3 Å². The topological polar surface area (TPSA) is 58.6 Å². The molecule has 118 valence electrons. The fourth-order valence-electron chi connectivity index (χ4n) is 3.11. The van der Waals surface area contributed by atoms with Crippen LogP contribution in [0.25, 0.3) is 0 Å². The van der Waals surface area contributed by atoms with E-state index in [4.69, 9.17) is 4.74 Å². The Balaban J connectivity index is 1.57. The molecule has 0 saturated carbocycles. The highest BCUT2D eigenvalue weighted by atomic mass is 16.5. The first-order valence-corrected chi connectivity index (χ1v) is 7.92. The summed E-state index contributed by atoms with van der Waals surface area (Å²) in [5.41, 5.74) is 1.88. The maximum Gasteiger partial charge on any atom is 0.252 e. The van der Waals surface area contributed by atoms with Gasteiger partial charge in [0.1, 0.15) is 6.10 Å². The number of carbonyl (C=O) groups excluding carboxylic acids is 2. The summed E-state index contributed by atoms with van der Waals surface area (Å²) in [7, 11) is 0. The van der Waals surface area contributed by atoms with E-state index in [1.807, 2.05) is 36.1 Å². The summed E-state index contributed by atoms with van der Waals surface area (Å²) >= 11 is 0. The first-order valence-electron chi connectivity index (χ1n) is 7.92. The van der Waals surface area contributed by atoms with Crippen LogP contribution in [0.1, 0.15) is 31.2 Å². The van der Waals surface area contributed by atoms with E-state index in [0.29, 0.717) is 6.61 Å². The highest BCUT2D eigenvalue weighted by Gasteiger charge is 2.38. The average Bonchev–Trinajstić information content (AvgIpc) is 2.53. The Bertz CT molecular complexity index is 556. The Hall–Kier alpha value is -1.88. The molecule has 2 atom stereocenters. The van der Waals surface area contributed by atoms with Crippen molar-refractivity contribution in [3.05, 3.63) is 29.8 Å². The quantitative estimate of drug-likeness (QED) is 0.930. The van der Waals surface area contributed by atoms with Gasteiger partial charge in [-0.3, -0.25) is 9.59 Å². The van der Waals surface area contributed by atoms with Crippen LogP contribution in [0.3, 0.4) is 0 Å². The van der Waals surface area contributed by atoms with Crippen LogP contribution in [0.2, 0.25) is 0 Å². The van der Waals surface area contributed by atoms with Crippen molar-refractivity contribution in [1.82, 2.24) is 4.90 Å². The molecule has 2 saturated heterocycles. The Kier molecular flexibility index (Phi) is 4.43. The van der Waals surface area contributed by atoms with Crippen LogP contribution >= 0.6 is 0 Å². The van der Waals surface area contributed by atoms with E-state index in [1.54, 1.807) is 0 Å². The SMILES string of the molecule is Cc1ccc(NC(=O)CC2OCC3CCCCN3C2=O)cc1. The minimum Gasteiger partial charge on any atom is -0.366 e. The number of rotatable bonds is 3. The predicted octanol–water partition coefficient (Wildman–Crippen LogP) is 2.10. The number of nitrogens with zero attached hydrogens (tertiary/aromatic N) is 1. The minimum atomic E-state index is -0.639. The lowest BCUT2D eigenvalue weighted by atomic mass is 9.99. The number of ether oxygens (including phenoxy) is 1. The molecule has 0 radical (unpaired) electrons. The number of anilines is 1. The van der Waals surface area contributed by atoms with Gasteiger partial charge in [-0.05, 0) is 38.3 Å². The van der Waals surface area contributed by atoms with Gasteiger partial charge in [0.05, 0.1) is 19.1 Å². The number of amides is 2. The van der Waals surface area contributed by atoms with E-state index in [1.165, 1.54) is 0 Å². The second kappa shape index (κ2) is 6.48. The number of hydrogen-bond donors (Lipinski definition) is 1. The largest absolute Gasteiger partial charge is 0.366 e. The van der Waals surface area contributed by atoms with Crippen molar-refractivity contribution in [1.29, 1.82) is 0 Å². The second-order valence-corrected chi connectivity index (χ2v) is 6.12. The minimum absolute atomic E-state index is 0.0324. The number of carbonyl (C=O) groups is 2. The van der Waals surface area contributed by atoms with Crippen LogP contribution < -0.4 is 5.32 Å². The summed E-state index contributed by atoms with van der Waals surface area (Å²) in [6.45, 7) is 3.34. The Morgan fingerprint density at radius 1 is 1.32 bits per heavy atom. The molecule has 5 nitrogen and oxygen atoms in total. The Labute approximate surface area is 130 Å². The number of aryl methyl sites for hydroxylation is 1. The maximum atomic E-state index is 12.4. The molecular formula is C17H22N2O3. The highest BCUT2D eigenvalue weighted by Crippen LogP contribution is 2.24. The lowest BCUT2D eigenvalue weighted by Gasteiger charge is -2.41. The Morgan fingerprint density at radius 3 is 2.86 bits per heavy atom. The number of hydrogen-bond acceptors (Lipinski definition) is 3. The van der Waals surface area contributed by atoms with E-state index in [0.717, 1.165) is 37.1 Å². The molecule has 2 aliphatic rings. The van der Waals surface area contributed by atoms with Gasteiger partial charge in [-0.2, -0.15) is 0 Å². The summed E-state index contributed by atoms with van der Waals surface area (Å²) in [5, 5.41) is 2.82. The lowest BCUT2D eigenvalue weighted by molar-refractivity contribution is -0.163. The van der Waals surface area contributed by atoms with E-state index < -0.39 is 6.10 Å². The average molecular weight is 302 g/mol. The van der Waals surface area contributed by atoms with Gasteiger partial charge in [-0.25, -0.2) is 0 Å². The summed E-state index contributed by atoms with van der Waals surface area (Å²) in [4.78, 5) is 26.4. The molecule has 2 unspecified atom stereocenters. The van der Waals surface area contributed by atoms with Crippen LogP contribution in [-0.4, -0.2) is 42.0 Å². The van der Waals surface area contributed by atoms with Crippen LogP contribution in [0.5, 0.6) is 0 Å². The first-order chi connectivity index (χ1) is 10.6. The van der Waals surface area contributed by atoms with Crippen molar-refractivity contribution < 1.29 is 14.3 Å². The van der Waals surface area contributed by atoms with Gasteiger partial charge in [0.25, 0.3) is 5.91 Å². The zero-order chi connectivity index (χ0) is 15.5.